The van der Waals surface area contributed by atoms with Gasteiger partial charge in [0.2, 0.25) is 0 Å². The van der Waals surface area contributed by atoms with E-state index < -0.39 is 0 Å². The number of ether oxygens (including phenoxy) is 1. The van der Waals surface area contributed by atoms with Gasteiger partial charge in [0, 0.05) is 35.8 Å². The summed E-state index contributed by atoms with van der Waals surface area (Å²) in [4.78, 5) is 9.79. The van der Waals surface area contributed by atoms with Crippen molar-refractivity contribution in [2.24, 2.45) is 10.7 Å². The molecule has 0 aliphatic rings. The van der Waals surface area contributed by atoms with Gasteiger partial charge < -0.3 is 15.8 Å². The van der Waals surface area contributed by atoms with Gasteiger partial charge in [0.05, 0.1) is 12.1 Å². The van der Waals surface area contributed by atoms with Gasteiger partial charge in [0.1, 0.15) is 5.75 Å². The fourth-order valence-electron chi connectivity index (χ4n) is 1.68. The van der Waals surface area contributed by atoms with E-state index in [1.807, 2.05) is 37.4 Å². The summed E-state index contributed by atoms with van der Waals surface area (Å²) in [5.41, 5.74) is 6.70. The molecule has 2 aromatic rings. The molecule has 0 bridgehead atoms. The number of benzene rings is 1. The quantitative estimate of drug-likeness (QED) is 0.655. The van der Waals surface area contributed by atoms with Crippen molar-refractivity contribution in [2.45, 2.75) is 13.3 Å². The minimum absolute atomic E-state index is 0.395. The van der Waals surface area contributed by atoms with Gasteiger partial charge in [-0.15, -0.1) is 11.3 Å². The molecule has 0 saturated heterocycles. The molecule has 6 heteroatoms. The third-order valence-electron chi connectivity index (χ3n) is 2.62. The van der Waals surface area contributed by atoms with Crippen LogP contribution < -0.4 is 15.8 Å². The van der Waals surface area contributed by atoms with Crippen LogP contribution in [0.15, 0.2) is 35.5 Å². The first kappa shape index (κ1) is 14.3. The second-order valence-corrected chi connectivity index (χ2v) is 5.56. The van der Waals surface area contributed by atoms with E-state index in [0.29, 0.717) is 12.5 Å². The van der Waals surface area contributed by atoms with Gasteiger partial charge in [-0.3, -0.25) is 4.99 Å². The van der Waals surface area contributed by atoms with Crippen LogP contribution in [0, 0.1) is 6.92 Å². The van der Waals surface area contributed by atoms with Gasteiger partial charge in [-0.2, -0.15) is 0 Å². The zero-order valence-electron chi connectivity index (χ0n) is 11.6. The van der Waals surface area contributed by atoms with Gasteiger partial charge in [0.25, 0.3) is 0 Å². The fraction of sp³-hybridized carbons (Fsp3) is 0.286. The summed E-state index contributed by atoms with van der Waals surface area (Å²) in [5.74, 6) is 1.17. The largest absolute Gasteiger partial charge is 0.497 e. The topological polar surface area (TPSA) is 72.5 Å². The second-order valence-electron chi connectivity index (χ2n) is 4.24. The lowest BCUT2D eigenvalue weighted by molar-refractivity contribution is 0.415. The Kier molecular flexibility index (Phi) is 4.95. The highest BCUT2D eigenvalue weighted by molar-refractivity contribution is 7.11. The molecule has 20 heavy (non-hydrogen) atoms. The third-order valence-corrected chi connectivity index (χ3v) is 3.59. The Bertz CT molecular complexity index is 594. The van der Waals surface area contributed by atoms with Crippen molar-refractivity contribution in [3.8, 4) is 5.75 Å². The van der Waals surface area contributed by atoms with Crippen molar-refractivity contribution >= 4 is 23.0 Å². The number of nitrogens with zero attached hydrogens (tertiary/aromatic N) is 2. The molecule has 0 aliphatic carbocycles. The highest BCUT2D eigenvalue weighted by Crippen LogP contribution is 2.16. The van der Waals surface area contributed by atoms with Gasteiger partial charge in [0.15, 0.2) is 5.96 Å². The van der Waals surface area contributed by atoms with E-state index in [1.54, 1.807) is 18.4 Å². The number of thiazole rings is 1. The average Bonchev–Trinajstić information content (AvgIpc) is 2.84. The summed E-state index contributed by atoms with van der Waals surface area (Å²) in [6.45, 7) is 2.67. The summed E-state index contributed by atoms with van der Waals surface area (Å²) in [5, 5.41) is 4.12. The molecule has 0 spiro atoms. The first-order chi connectivity index (χ1) is 9.67. The Morgan fingerprint density at radius 3 is 3.05 bits per heavy atom. The number of hydrogen-bond donors (Lipinski definition) is 2. The maximum atomic E-state index is 5.85. The summed E-state index contributed by atoms with van der Waals surface area (Å²) in [6, 6.07) is 7.55. The zero-order chi connectivity index (χ0) is 14.4. The molecule has 0 aliphatic heterocycles. The minimum atomic E-state index is 0.395. The van der Waals surface area contributed by atoms with Gasteiger partial charge in [-0.1, -0.05) is 6.07 Å². The molecule has 0 atom stereocenters. The minimum Gasteiger partial charge on any atom is -0.497 e. The Morgan fingerprint density at radius 1 is 1.50 bits per heavy atom. The SMILES string of the molecule is COc1cccc(NC(N)=NCCc2ncc(C)s2)c1. The smallest absolute Gasteiger partial charge is 0.193 e. The molecule has 1 aromatic heterocycles. The Labute approximate surface area is 122 Å². The molecule has 5 nitrogen and oxygen atoms in total. The first-order valence-corrected chi connectivity index (χ1v) is 7.11. The summed E-state index contributed by atoms with van der Waals surface area (Å²) in [7, 11) is 1.63. The number of aromatic nitrogens is 1. The van der Waals surface area contributed by atoms with E-state index in [1.165, 1.54) is 4.88 Å². The number of aliphatic imine (C=N–C) groups is 1. The molecular weight excluding hydrogens is 272 g/mol. The maximum absolute atomic E-state index is 5.85. The molecule has 0 radical (unpaired) electrons. The Hall–Kier alpha value is -2.08. The molecular formula is C14H18N4OS. The lowest BCUT2D eigenvalue weighted by atomic mass is 10.3. The number of nitrogens with two attached hydrogens (primary N) is 1. The summed E-state index contributed by atoms with van der Waals surface area (Å²) >= 11 is 1.69. The van der Waals surface area contributed by atoms with Crippen molar-refractivity contribution in [3.05, 3.63) is 40.3 Å². The number of anilines is 1. The van der Waals surface area contributed by atoms with Gasteiger partial charge >= 0.3 is 0 Å². The fourth-order valence-corrected chi connectivity index (χ4v) is 2.45. The zero-order valence-corrected chi connectivity index (χ0v) is 12.4. The first-order valence-electron chi connectivity index (χ1n) is 6.29. The van der Waals surface area contributed by atoms with Crippen molar-refractivity contribution in [1.29, 1.82) is 0 Å². The molecule has 0 saturated carbocycles. The van der Waals surface area contributed by atoms with Crippen molar-refractivity contribution in [3.63, 3.8) is 0 Å². The number of methoxy groups -OCH3 is 1. The van der Waals surface area contributed by atoms with Crippen molar-refractivity contribution in [1.82, 2.24) is 4.98 Å². The van der Waals surface area contributed by atoms with E-state index in [-0.39, 0.29) is 0 Å². The number of hydrogen-bond acceptors (Lipinski definition) is 4. The molecule has 0 unspecified atom stereocenters. The molecule has 0 fully saturated rings. The third kappa shape index (κ3) is 4.24. The van der Waals surface area contributed by atoms with Crippen LogP contribution in [0.1, 0.15) is 9.88 Å². The van der Waals surface area contributed by atoms with Crippen molar-refractivity contribution < 1.29 is 4.74 Å². The van der Waals surface area contributed by atoms with E-state index in [0.717, 1.165) is 22.9 Å². The number of aryl methyl sites for hydroxylation is 1. The molecule has 3 N–H and O–H groups in total. The van der Waals surface area contributed by atoms with Crippen LogP contribution >= 0.6 is 11.3 Å². The maximum Gasteiger partial charge on any atom is 0.193 e. The Balaban J connectivity index is 1.87. The van der Waals surface area contributed by atoms with E-state index in [4.69, 9.17) is 10.5 Å². The van der Waals surface area contributed by atoms with E-state index >= 15 is 0 Å². The lowest BCUT2D eigenvalue weighted by Crippen LogP contribution is -2.23. The second kappa shape index (κ2) is 6.91. The van der Waals surface area contributed by atoms with Crippen LogP contribution in [-0.4, -0.2) is 24.6 Å². The number of rotatable bonds is 5. The summed E-state index contributed by atoms with van der Waals surface area (Å²) < 4.78 is 5.15. The molecule has 1 aromatic carbocycles. The number of guanidine groups is 1. The molecule has 1 heterocycles. The molecule has 2 rings (SSSR count). The van der Waals surface area contributed by atoms with Gasteiger partial charge in [-0.25, -0.2) is 4.98 Å². The van der Waals surface area contributed by atoms with Crippen LogP contribution in [0.4, 0.5) is 5.69 Å². The standard InChI is InChI=1S/C14H18N4OS/c1-10-9-17-13(20-10)6-7-16-14(15)18-11-4-3-5-12(8-11)19-2/h3-5,8-9H,6-7H2,1-2H3,(H3,15,16,18). The normalized spacial score (nSPS) is 11.4. The molecule has 106 valence electrons. The lowest BCUT2D eigenvalue weighted by Gasteiger charge is -2.07. The highest BCUT2D eigenvalue weighted by Gasteiger charge is 1.99. The van der Waals surface area contributed by atoms with Crippen LogP contribution in [0.25, 0.3) is 0 Å². The predicted octanol–water partition coefficient (Wildman–Crippen LogP) is 2.43. The monoisotopic (exact) mass is 290 g/mol. The van der Waals surface area contributed by atoms with Crippen LogP contribution in [0.3, 0.4) is 0 Å². The predicted molar refractivity (Wildman–Crippen MR) is 83.7 cm³/mol. The van der Waals surface area contributed by atoms with Crippen molar-refractivity contribution in [2.75, 3.05) is 19.0 Å². The number of nitrogens with one attached hydrogen (secondary N) is 1. The highest BCUT2D eigenvalue weighted by atomic mass is 32.1. The van der Waals surface area contributed by atoms with Crippen LogP contribution in [-0.2, 0) is 6.42 Å². The summed E-state index contributed by atoms with van der Waals surface area (Å²) in [6.07, 6.45) is 2.68. The Morgan fingerprint density at radius 2 is 2.35 bits per heavy atom. The van der Waals surface area contributed by atoms with E-state index in [9.17, 15) is 0 Å². The van der Waals surface area contributed by atoms with Crippen LogP contribution in [0.5, 0.6) is 5.75 Å². The van der Waals surface area contributed by atoms with Crippen LogP contribution in [0.2, 0.25) is 0 Å². The van der Waals surface area contributed by atoms with E-state index in [2.05, 4.69) is 15.3 Å². The molecule has 0 amide bonds. The van der Waals surface area contributed by atoms with Gasteiger partial charge in [-0.05, 0) is 19.1 Å². The average molecular weight is 290 g/mol.